The van der Waals surface area contributed by atoms with Crippen LogP contribution in [-0.2, 0) is 23.7 Å². The van der Waals surface area contributed by atoms with E-state index in [2.05, 4.69) is 20.8 Å². The van der Waals surface area contributed by atoms with Gasteiger partial charge in [-0.25, -0.2) is 0 Å². The van der Waals surface area contributed by atoms with Gasteiger partial charge < -0.3 is 39.0 Å². The van der Waals surface area contributed by atoms with Crippen molar-refractivity contribution in [2.45, 2.75) is 109 Å². The summed E-state index contributed by atoms with van der Waals surface area (Å²) in [6.45, 7) is 10.7. The molecule has 8 nitrogen and oxygen atoms in total. The summed E-state index contributed by atoms with van der Waals surface area (Å²) in [5.74, 6) is 1.52. The Morgan fingerprint density at radius 2 is 1.38 bits per heavy atom. The zero-order valence-electron chi connectivity index (χ0n) is 25.2. The first-order valence-electron chi connectivity index (χ1n) is 16.3. The summed E-state index contributed by atoms with van der Waals surface area (Å²) >= 11 is 0. The van der Waals surface area contributed by atoms with Gasteiger partial charge in [0.15, 0.2) is 5.79 Å². The molecule has 0 amide bonds. The van der Waals surface area contributed by atoms with Crippen molar-refractivity contribution in [1.82, 2.24) is 0 Å². The van der Waals surface area contributed by atoms with Gasteiger partial charge in [0.25, 0.3) is 0 Å². The SMILES string of the molecule is CC1([C@H]2CC[C@H]3C4[C@H](OCCCO)CC5C[C@H](OCCCO)CC[C@]5(C)[C@H]4C[C@H](OCCCO)[C@]23C)OCCO1. The maximum absolute atomic E-state index is 9.56. The molecule has 5 rings (SSSR count). The van der Waals surface area contributed by atoms with Gasteiger partial charge in [0.1, 0.15) is 0 Å². The minimum Gasteiger partial charge on any atom is -0.396 e. The number of rotatable bonds is 13. The molecule has 4 aliphatic carbocycles. The van der Waals surface area contributed by atoms with E-state index in [0.717, 1.165) is 44.9 Å². The molecule has 1 aliphatic heterocycles. The molecular formula is C32H56O8. The molecule has 5 fully saturated rings. The third-order valence-electron chi connectivity index (χ3n) is 12.1. The summed E-state index contributed by atoms with van der Waals surface area (Å²) in [6, 6.07) is 0. The molecule has 5 aliphatic rings. The van der Waals surface area contributed by atoms with E-state index in [1.165, 1.54) is 0 Å². The molecule has 40 heavy (non-hydrogen) atoms. The van der Waals surface area contributed by atoms with Gasteiger partial charge in [-0.3, -0.25) is 0 Å². The summed E-state index contributed by atoms with van der Waals surface area (Å²) in [6.07, 6.45) is 9.98. The van der Waals surface area contributed by atoms with Crippen LogP contribution >= 0.6 is 0 Å². The average molecular weight is 569 g/mol. The first-order valence-corrected chi connectivity index (χ1v) is 16.3. The second-order valence-electron chi connectivity index (χ2n) is 13.9. The Bertz CT molecular complexity index is 804. The van der Waals surface area contributed by atoms with Crippen LogP contribution in [0.5, 0.6) is 0 Å². The second-order valence-corrected chi connectivity index (χ2v) is 13.9. The number of aliphatic hydroxyl groups excluding tert-OH is 3. The van der Waals surface area contributed by atoms with E-state index in [9.17, 15) is 15.3 Å². The van der Waals surface area contributed by atoms with Crippen LogP contribution < -0.4 is 0 Å². The van der Waals surface area contributed by atoms with E-state index < -0.39 is 5.79 Å². The van der Waals surface area contributed by atoms with Gasteiger partial charge in [-0.1, -0.05) is 13.8 Å². The third kappa shape index (κ3) is 5.66. The van der Waals surface area contributed by atoms with Crippen LogP contribution in [0.25, 0.3) is 0 Å². The summed E-state index contributed by atoms with van der Waals surface area (Å²) in [7, 11) is 0. The minimum absolute atomic E-state index is 0.0784. The van der Waals surface area contributed by atoms with Crippen LogP contribution in [0.15, 0.2) is 0 Å². The van der Waals surface area contributed by atoms with Gasteiger partial charge in [-0.15, -0.1) is 0 Å². The van der Waals surface area contributed by atoms with Gasteiger partial charge in [-0.05, 0) is 100 Å². The highest BCUT2D eigenvalue weighted by molar-refractivity contribution is 5.16. The lowest BCUT2D eigenvalue weighted by Gasteiger charge is -2.65. The number of hydrogen-bond acceptors (Lipinski definition) is 8. The number of hydrogen-bond donors (Lipinski definition) is 3. The summed E-state index contributed by atoms with van der Waals surface area (Å²) in [5, 5.41) is 28.3. The Morgan fingerprint density at radius 1 is 0.725 bits per heavy atom. The van der Waals surface area contributed by atoms with E-state index in [0.29, 0.717) is 76.0 Å². The Hall–Kier alpha value is -0.320. The summed E-state index contributed by atoms with van der Waals surface area (Å²) in [4.78, 5) is 0. The quantitative estimate of drug-likeness (QED) is 0.287. The maximum Gasteiger partial charge on any atom is 0.169 e. The lowest BCUT2D eigenvalue weighted by atomic mass is 9.43. The molecule has 1 saturated heterocycles. The van der Waals surface area contributed by atoms with E-state index in [1.54, 1.807) is 0 Å². The summed E-state index contributed by atoms with van der Waals surface area (Å²) in [5.41, 5.74) is 0.0860. The van der Waals surface area contributed by atoms with E-state index in [4.69, 9.17) is 23.7 Å². The van der Waals surface area contributed by atoms with Gasteiger partial charge in [0, 0.05) is 51.0 Å². The molecule has 1 heterocycles. The monoisotopic (exact) mass is 568 g/mol. The van der Waals surface area contributed by atoms with Crippen LogP contribution in [0.4, 0.5) is 0 Å². The average Bonchev–Trinajstić information content (AvgIpc) is 3.54. The molecule has 0 spiro atoms. The molecule has 8 heteroatoms. The fourth-order valence-corrected chi connectivity index (χ4v) is 10.2. The van der Waals surface area contributed by atoms with Crippen LogP contribution in [0.2, 0.25) is 0 Å². The normalized spacial score (nSPS) is 44.2. The molecule has 3 N–H and O–H groups in total. The summed E-state index contributed by atoms with van der Waals surface area (Å²) < 4.78 is 32.3. The molecule has 232 valence electrons. The number of ether oxygens (including phenoxy) is 5. The van der Waals surface area contributed by atoms with Crippen molar-refractivity contribution in [2.24, 2.45) is 40.4 Å². The third-order valence-corrected chi connectivity index (χ3v) is 12.1. The zero-order chi connectivity index (χ0) is 28.4. The van der Waals surface area contributed by atoms with Crippen molar-refractivity contribution in [3.05, 3.63) is 0 Å². The molecular weight excluding hydrogens is 512 g/mol. The first-order chi connectivity index (χ1) is 19.3. The molecule has 10 atom stereocenters. The molecule has 0 aromatic rings. The number of aliphatic hydroxyl groups is 3. The smallest absolute Gasteiger partial charge is 0.169 e. The molecule has 0 aromatic heterocycles. The van der Waals surface area contributed by atoms with E-state index >= 15 is 0 Å². The van der Waals surface area contributed by atoms with Crippen molar-refractivity contribution in [1.29, 1.82) is 0 Å². The van der Waals surface area contributed by atoms with Crippen molar-refractivity contribution in [3.8, 4) is 0 Å². The zero-order valence-corrected chi connectivity index (χ0v) is 25.2. The van der Waals surface area contributed by atoms with Gasteiger partial charge in [0.2, 0.25) is 0 Å². The Morgan fingerprint density at radius 3 is 2.05 bits per heavy atom. The lowest BCUT2D eigenvalue weighted by molar-refractivity contribution is -0.262. The van der Waals surface area contributed by atoms with Gasteiger partial charge in [-0.2, -0.15) is 0 Å². The molecule has 0 aromatic carbocycles. The van der Waals surface area contributed by atoms with Gasteiger partial charge >= 0.3 is 0 Å². The van der Waals surface area contributed by atoms with Crippen molar-refractivity contribution in [3.63, 3.8) is 0 Å². The highest BCUT2D eigenvalue weighted by atomic mass is 16.7. The topological polar surface area (TPSA) is 107 Å². The number of fused-ring (bicyclic) bond motifs is 5. The van der Waals surface area contributed by atoms with Crippen molar-refractivity contribution >= 4 is 0 Å². The predicted octanol–water partition coefficient (Wildman–Crippen LogP) is 3.93. The Kier molecular flexibility index (Phi) is 10.2. The van der Waals surface area contributed by atoms with Crippen LogP contribution in [0.1, 0.15) is 85.0 Å². The molecule has 4 saturated carbocycles. The lowest BCUT2D eigenvalue weighted by Crippen LogP contribution is -2.64. The van der Waals surface area contributed by atoms with Crippen LogP contribution in [-0.4, -0.2) is 92.3 Å². The standard InChI is InChI=1S/C32H56O8/c1-30-10-9-23(36-14-4-11-33)19-22(30)20-26(37-15-5-12-34)29-24-7-8-27(32(3)39-17-18-40-32)31(24,2)28(21-25(29)30)38-16-6-13-35/h22-29,33-35H,4-21H2,1-3H3/t22?,23-,24+,25+,26-,27+,28+,29?,30+,31+/m1/s1. The fraction of sp³-hybridized carbons (Fsp3) is 1.00. The second kappa shape index (κ2) is 13.1. The van der Waals surface area contributed by atoms with Gasteiger partial charge in [0.05, 0.1) is 31.5 Å². The minimum atomic E-state index is -0.590. The fourth-order valence-electron chi connectivity index (χ4n) is 10.2. The molecule has 0 bridgehead atoms. The first kappa shape index (κ1) is 31.1. The maximum atomic E-state index is 9.56. The van der Waals surface area contributed by atoms with Crippen LogP contribution in [0, 0.1) is 40.4 Å². The van der Waals surface area contributed by atoms with E-state index in [1.807, 2.05) is 0 Å². The Balaban J connectivity index is 1.46. The highest BCUT2D eigenvalue weighted by Crippen LogP contribution is 2.70. The van der Waals surface area contributed by atoms with Crippen LogP contribution in [0.3, 0.4) is 0 Å². The molecule has 0 radical (unpaired) electrons. The predicted molar refractivity (Wildman–Crippen MR) is 151 cm³/mol. The largest absolute Gasteiger partial charge is 0.396 e. The highest BCUT2D eigenvalue weighted by Gasteiger charge is 2.69. The molecule has 2 unspecified atom stereocenters. The van der Waals surface area contributed by atoms with Crippen molar-refractivity contribution in [2.75, 3.05) is 52.9 Å². The van der Waals surface area contributed by atoms with E-state index in [-0.39, 0.29) is 54.9 Å². The van der Waals surface area contributed by atoms with Crippen molar-refractivity contribution < 1.29 is 39.0 Å². The Labute approximate surface area is 241 Å².